The van der Waals surface area contributed by atoms with Crippen molar-refractivity contribution in [3.63, 3.8) is 0 Å². The summed E-state index contributed by atoms with van der Waals surface area (Å²) in [7, 11) is 0. The lowest BCUT2D eigenvalue weighted by molar-refractivity contribution is -0.144. The summed E-state index contributed by atoms with van der Waals surface area (Å²) < 4.78 is 5.45. The molecular formula is C18H28O2. The second kappa shape index (κ2) is 10.5. The van der Waals surface area contributed by atoms with Crippen molar-refractivity contribution in [1.29, 1.82) is 0 Å². The third-order valence-corrected chi connectivity index (χ3v) is 3.58. The third-order valence-electron chi connectivity index (χ3n) is 3.58. The van der Waals surface area contributed by atoms with E-state index in [2.05, 4.69) is 13.8 Å². The topological polar surface area (TPSA) is 26.3 Å². The van der Waals surface area contributed by atoms with Crippen molar-refractivity contribution in [2.75, 3.05) is 6.61 Å². The van der Waals surface area contributed by atoms with Crippen LogP contribution in [-0.2, 0) is 16.0 Å². The number of hydrogen-bond acceptors (Lipinski definition) is 2. The fourth-order valence-electron chi connectivity index (χ4n) is 2.43. The molecule has 0 amide bonds. The summed E-state index contributed by atoms with van der Waals surface area (Å²) in [4.78, 5) is 11.8. The second-order valence-electron chi connectivity index (χ2n) is 5.50. The third kappa shape index (κ3) is 7.32. The molecule has 0 aliphatic rings. The molecule has 0 heterocycles. The average Bonchev–Trinajstić information content (AvgIpc) is 2.46. The molecule has 0 unspecified atom stereocenters. The SMILES string of the molecule is CCCCC[C@@H](CCC)COC(=O)Cc1ccccc1. The molecular weight excluding hydrogens is 248 g/mol. The van der Waals surface area contributed by atoms with Gasteiger partial charge in [-0.15, -0.1) is 0 Å². The first-order valence-electron chi connectivity index (χ1n) is 7.95. The smallest absolute Gasteiger partial charge is 0.310 e. The highest BCUT2D eigenvalue weighted by molar-refractivity contribution is 5.72. The summed E-state index contributed by atoms with van der Waals surface area (Å²) >= 11 is 0. The van der Waals surface area contributed by atoms with Crippen molar-refractivity contribution in [3.8, 4) is 0 Å². The predicted molar refractivity (Wildman–Crippen MR) is 83.6 cm³/mol. The number of hydrogen-bond donors (Lipinski definition) is 0. The fourth-order valence-corrected chi connectivity index (χ4v) is 2.43. The van der Waals surface area contributed by atoms with Crippen molar-refractivity contribution in [2.24, 2.45) is 5.92 Å². The number of unbranched alkanes of at least 4 members (excludes halogenated alkanes) is 2. The van der Waals surface area contributed by atoms with E-state index in [1.54, 1.807) is 0 Å². The van der Waals surface area contributed by atoms with Gasteiger partial charge in [-0.25, -0.2) is 0 Å². The number of esters is 1. The highest BCUT2D eigenvalue weighted by Crippen LogP contribution is 2.16. The average molecular weight is 276 g/mol. The second-order valence-corrected chi connectivity index (χ2v) is 5.50. The van der Waals surface area contributed by atoms with Crippen LogP contribution in [0.2, 0.25) is 0 Å². The maximum absolute atomic E-state index is 11.8. The maximum atomic E-state index is 11.8. The number of benzene rings is 1. The first kappa shape index (κ1) is 16.7. The van der Waals surface area contributed by atoms with Crippen molar-refractivity contribution in [2.45, 2.75) is 58.8 Å². The Morgan fingerprint density at radius 2 is 1.80 bits per heavy atom. The molecule has 0 N–H and O–H groups in total. The molecule has 0 aromatic heterocycles. The van der Waals surface area contributed by atoms with Gasteiger partial charge in [0.1, 0.15) is 0 Å². The minimum Gasteiger partial charge on any atom is -0.465 e. The highest BCUT2D eigenvalue weighted by atomic mass is 16.5. The van der Waals surface area contributed by atoms with Gasteiger partial charge >= 0.3 is 5.97 Å². The quantitative estimate of drug-likeness (QED) is 0.454. The monoisotopic (exact) mass is 276 g/mol. The standard InChI is InChI=1S/C18H28O2/c1-3-5-7-13-17(10-4-2)15-20-18(19)14-16-11-8-6-9-12-16/h6,8-9,11-12,17H,3-5,7,10,13-15H2,1-2H3/t17-/m1/s1. The molecule has 1 aromatic carbocycles. The van der Waals surface area contributed by atoms with E-state index in [1.165, 1.54) is 25.7 Å². The van der Waals surface area contributed by atoms with Crippen molar-refractivity contribution < 1.29 is 9.53 Å². The lowest BCUT2D eigenvalue weighted by Crippen LogP contribution is -2.16. The molecule has 0 bridgehead atoms. The Morgan fingerprint density at radius 1 is 1.05 bits per heavy atom. The molecule has 0 saturated heterocycles. The normalized spacial score (nSPS) is 12.1. The molecule has 112 valence electrons. The molecule has 0 radical (unpaired) electrons. The molecule has 0 aliphatic carbocycles. The lowest BCUT2D eigenvalue weighted by atomic mass is 9.97. The molecule has 0 fully saturated rings. The Labute approximate surface area is 123 Å². The number of carbonyl (C=O) groups excluding carboxylic acids is 1. The van der Waals surface area contributed by atoms with Crippen LogP contribution in [-0.4, -0.2) is 12.6 Å². The largest absolute Gasteiger partial charge is 0.465 e. The fraction of sp³-hybridized carbons (Fsp3) is 0.611. The van der Waals surface area contributed by atoms with Gasteiger partial charge in [0.05, 0.1) is 13.0 Å². The highest BCUT2D eigenvalue weighted by Gasteiger charge is 2.11. The van der Waals surface area contributed by atoms with E-state index in [0.717, 1.165) is 18.4 Å². The molecule has 20 heavy (non-hydrogen) atoms. The summed E-state index contributed by atoms with van der Waals surface area (Å²) in [6.07, 6.45) is 7.65. The summed E-state index contributed by atoms with van der Waals surface area (Å²) in [5, 5.41) is 0. The Morgan fingerprint density at radius 3 is 2.45 bits per heavy atom. The van der Waals surface area contributed by atoms with Crippen molar-refractivity contribution in [3.05, 3.63) is 35.9 Å². The lowest BCUT2D eigenvalue weighted by Gasteiger charge is -2.16. The van der Waals surface area contributed by atoms with Crippen LogP contribution >= 0.6 is 0 Å². The van der Waals surface area contributed by atoms with Gasteiger partial charge in [0.15, 0.2) is 0 Å². The minimum absolute atomic E-state index is 0.104. The molecule has 0 aliphatic heterocycles. The van der Waals surface area contributed by atoms with E-state index in [0.29, 0.717) is 18.9 Å². The summed E-state index contributed by atoms with van der Waals surface area (Å²) in [5.41, 5.74) is 1.02. The molecule has 2 nitrogen and oxygen atoms in total. The predicted octanol–water partition coefficient (Wildman–Crippen LogP) is 4.77. The zero-order valence-corrected chi connectivity index (χ0v) is 12.9. The van der Waals surface area contributed by atoms with Gasteiger partial charge in [-0.1, -0.05) is 69.9 Å². The van der Waals surface area contributed by atoms with Gasteiger partial charge in [0, 0.05) is 0 Å². The van der Waals surface area contributed by atoms with E-state index < -0.39 is 0 Å². The van der Waals surface area contributed by atoms with Gasteiger partial charge in [0.2, 0.25) is 0 Å². The van der Waals surface area contributed by atoms with Gasteiger partial charge < -0.3 is 4.74 Å². The minimum atomic E-state index is -0.104. The molecule has 0 saturated carbocycles. The number of carbonyl (C=O) groups is 1. The first-order chi connectivity index (χ1) is 9.76. The summed E-state index contributed by atoms with van der Waals surface area (Å²) in [6.45, 7) is 5.00. The molecule has 0 spiro atoms. The van der Waals surface area contributed by atoms with E-state index in [4.69, 9.17) is 4.74 Å². The van der Waals surface area contributed by atoms with Gasteiger partial charge in [-0.3, -0.25) is 4.79 Å². The summed E-state index contributed by atoms with van der Waals surface area (Å²) in [6, 6.07) is 9.79. The molecule has 1 rings (SSSR count). The molecule has 1 aromatic rings. The van der Waals surface area contributed by atoms with Crippen LogP contribution in [0.1, 0.15) is 57.9 Å². The van der Waals surface area contributed by atoms with Crippen molar-refractivity contribution in [1.82, 2.24) is 0 Å². The zero-order chi connectivity index (χ0) is 14.6. The van der Waals surface area contributed by atoms with E-state index >= 15 is 0 Å². The van der Waals surface area contributed by atoms with E-state index in [1.807, 2.05) is 30.3 Å². The van der Waals surface area contributed by atoms with Crippen LogP contribution < -0.4 is 0 Å². The van der Waals surface area contributed by atoms with Crippen LogP contribution in [0.3, 0.4) is 0 Å². The molecule has 1 atom stereocenters. The van der Waals surface area contributed by atoms with Crippen LogP contribution in [0, 0.1) is 5.92 Å². The Hall–Kier alpha value is -1.31. The van der Waals surface area contributed by atoms with Crippen LogP contribution in [0.25, 0.3) is 0 Å². The van der Waals surface area contributed by atoms with Crippen LogP contribution in [0.15, 0.2) is 30.3 Å². The van der Waals surface area contributed by atoms with Crippen LogP contribution in [0.5, 0.6) is 0 Å². The Balaban J connectivity index is 2.28. The number of ether oxygens (including phenoxy) is 1. The van der Waals surface area contributed by atoms with Crippen LogP contribution in [0.4, 0.5) is 0 Å². The summed E-state index contributed by atoms with van der Waals surface area (Å²) in [5.74, 6) is 0.430. The van der Waals surface area contributed by atoms with E-state index in [9.17, 15) is 4.79 Å². The first-order valence-corrected chi connectivity index (χ1v) is 7.95. The molecule has 2 heteroatoms. The van der Waals surface area contributed by atoms with Gasteiger partial charge in [-0.2, -0.15) is 0 Å². The number of rotatable bonds is 10. The maximum Gasteiger partial charge on any atom is 0.310 e. The zero-order valence-electron chi connectivity index (χ0n) is 12.9. The van der Waals surface area contributed by atoms with E-state index in [-0.39, 0.29) is 5.97 Å². The Bertz CT molecular complexity index is 359. The Kier molecular flexibility index (Phi) is 8.77. The van der Waals surface area contributed by atoms with Crippen molar-refractivity contribution >= 4 is 5.97 Å². The van der Waals surface area contributed by atoms with Gasteiger partial charge in [-0.05, 0) is 24.3 Å². The van der Waals surface area contributed by atoms with Gasteiger partial charge in [0.25, 0.3) is 0 Å².